The summed E-state index contributed by atoms with van der Waals surface area (Å²) in [5.74, 6) is -1.34. The summed E-state index contributed by atoms with van der Waals surface area (Å²) in [6.07, 6.45) is -0.220. The first-order valence-electron chi connectivity index (χ1n) is 7.94. The molecule has 0 aromatic heterocycles. The van der Waals surface area contributed by atoms with Gasteiger partial charge in [0.05, 0.1) is 21.3 Å². The van der Waals surface area contributed by atoms with Crippen LogP contribution in [0, 0.1) is 10.1 Å². The Labute approximate surface area is 154 Å². The van der Waals surface area contributed by atoms with Crippen LogP contribution in [0.1, 0.15) is 6.42 Å². The Morgan fingerprint density at radius 3 is 2.48 bits per heavy atom. The van der Waals surface area contributed by atoms with E-state index >= 15 is 0 Å². The van der Waals surface area contributed by atoms with Crippen molar-refractivity contribution in [2.45, 2.75) is 11.3 Å². The van der Waals surface area contributed by atoms with Gasteiger partial charge in [0, 0.05) is 24.2 Å². The van der Waals surface area contributed by atoms with E-state index < -0.39 is 26.6 Å². The van der Waals surface area contributed by atoms with Crippen LogP contribution in [-0.4, -0.2) is 37.5 Å². The molecule has 2 aromatic rings. The lowest BCUT2D eigenvalue weighted by Crippen LogP contribution is -2.37. The van der Waals surface area contributed by atoms with E-state index in [2.05, 4.69) is 5.32 Å². The zero-order valence-electron chi connectivity index (χ0n) is 14.0. The van der Waals surface area contributed by atoms with Crippen LogP contribution >= 0.6 is 0 Å². The second-order valence-electron chi connectivity index (χ2n) is 5.87. The minimum absolute atomic E-state index is 0.0129. The Hall–Kier alpha value is -3.27. The number of amides is 2. The maximum Gasteiger partial charge on any atom is 0.269 e. The van der Waals surface area contributed by atoms with Crippen LogP contribution in [0.15, 0.2) is 53.4 Å². The van der Waals surface area contributed by atoms with Crippen molar-refractivity contribution in [3.05, 3.63) is 58.6 Å². The van der Waals surface area contributed by atoms with Gasteiger partial charge >= 0.3 is 0 Å². The second-order valence-corrected chi connectivity index (χ2v) is 7.95. The van der Waals surface area contributed by atoms with Gasteiger partial charge in [-0.1, -0.05) is 12.1 Å². The first-order chi connectivity index (χ1) is 12.8. The van der Waals surface area contributed by atoms with Gasteiger partial charge in [0.25, 0.3) is 5.69 Å². The van der Waals surface area contributed by atoms with Gasteiger partial charge in [0.15, 0.2) is 9.84 Å². The highest BCUT2D eigenvalue weighted by molar-refractivity contribution is 7.91. The van der Waals surface area contributed by atoms with Crippen molar-refractivity contribution in [1.82, 2.24) is 0 Å². The van der Waals surface area contributed by atoms with Gasteiger partial charge in [0.2, 0.25) is 11.8 Å². The number of nitrogens with zero attached hydrogens (tertiary/aromatic N) is 2. The first-order valence-corrected chi connectivity index (χ1v) is 9.59. The number of para-hydroxylation sites is 1. The van der Waals surface area contributed by atoms with Gasteiger partial charge in [-0.25, -0.2) is 8.42 Å². The standard InChI is InChI=1S/C17H15N3O6S/c21-16(18-12-5-7-13(8-6-12)20(23)24)11-19-14-3-1-2-4-15(14)27(25,26)10-9-17(19)22/h1-8H,9-11H2,(H,18,21). The molecule has 1 aliphatic rings. The zero-order chi connectivity index (χ0) is 19.6. The molecule has 3 rings (SSSR count). The summed E-state index contributed by atoms with van der Waals surface area (Å²) >= 11 is 0. The number of hydrogen-bond donors (Lipinski definition) is 1. The van der Waals surface area contributed by atoms with Crippen LogP contribution in [-0.2, 0) is 19.4 Å². The molecule has 140 valence electrons. The summed E-state index contributed by atoms with van der Waals surface area (Å²) in [6, 6.07) is 11.3. The highest BCUT2D eigenvalue weighted by Gasteiger charge is 2.31. The summed E-state index contributed by atoms with van der Waals surface area (Å²) in [5, 5.41) is 13.2. The van der Waals surface area contributed by atoms with Gasteiger partial charge in [-0.05, 0) is 24.3 Å². The molecule has 0 spiro atoms. The fraction of sp³-hybridized carbons (Fsp3) is 0.176. The number of sulfone groups is 1. The Bertz CT molecular complexity index is 1020. The van der Waals surface area contributed by atoms with Crippen molar-refractivity contribution in [1.29, 1.82) is 0 Å². The normalized spacial score (nSPS) is 15.6. The molecule has 1 aliphatic heterocycles. The minimum atomic E-state index is -3.61. The molecule has 0 bridgehead atoms. The molecule has 0 aliphatic carbocycles. The number of hydrogen-bond acceptors (Lipinski definition) is 6. The second kappa shape index (κ2) is 7.16. The molecule has 0 unspecified atom stereocenters. The highest BCUT2D eigenvalue weighted by Crippen LogP contribution is 2.30. The van der Waals surface area contributed by atoms with Gasteiger partial charge in [0.1, 0.15) is 6.54 Å². The van der Waals surface area contributed by atoms with E-state index in [1.807, 2.05) is 0 Å². The fourth-order valence-corrected chi connectivity index (χ4v) is 4.17. The first kappa shape index (κ1) is 18.5. The van der Waals surface area contributed by atoms with E-state index in [-0.39, 0.29) is 35.0 Å². The summed E-state index contributed by atoms with van der Waals surface area (Å²) in [6.45, 7) is -0.373. The van der Waals surface area contributed by atoms with Crippen LogP contribution < -0.4 is 10.2 Å². The molecule has 2 amide bonds. The Kier molecular flexibility index (Phi) is 4.91. The molecule has 1 N–H and O–H groups in total. The summed E-state index contributed by atoms with van der Waals surface area (Å²) in [7, 11) is -3.61. The fourth-order valence-electron chi connectivity index (χ4n) is 2.73. The third kappa shape index (κ3) is 3.95. The number of nitro groups is 1. The van der Waals surface area contributed by atoms with Crippen LogP contribution in [0.3, 0.4) is 0 Å². The average Bonchev–Trinajstić information content (AvgIpc) is 2.73. The van der Waals surface area contributed by atoms with Crippen molar-refractivity contribution in [3.8, 4) is 0 Å². The summed E-state index contributed by atoms with van der Waals surface area (Å²) in [4.78, 5) is 36.0. The Morgan fingerprint density at radius 1 is 1.15 bits per heavy atom. The zero-order valence-corrected chi connectivity index (χ0v) is 14.8. The number of fused-ring (bicyclic) bond motifs is 1. The predicted octanol–water partition coefficient (Wildman–Crippen LogP) is 1.74. The number of anilines is 2. The third-order valence-electron chi connectivity index (χ3n) is 4.04. The molecule has 2 aromatic carbocycles. The Balaban J connectivity index is 1.82. The smallest absolute Gasteiger partial charge is 0.269 e. The van der Waals surface area contributed by atoms with E-state index in [0.717, 1.165) is 4.90 Å². The molecule has 0 saturated carbocycles. The van der Waals surface area contributed by atoms with E-state index in [9.17, 15) is 28.1 Å². The third-order valence-corrected chi connectivity index (χ3v) is 5.80. The molecule has 0 atom stereocenters. The minimum Gasteiger partial charge on any atom is -0.325 e. The van der Waals surface area contributed by atoms with Gasteiger partial charge in [-0.3, -0.25) is 19.7 Å². The van der Waals surface area contributed by atoms with E-state index in [1.54, 1.807) is 12.1 Å². The van der Waals surface area contributed by atoms with Crippen molar-refractivity contribution in [3.63, 3.8) is 0 Å². The Morgan fingerprint density at radius 2 is 1.81 bits per heavy atom. The van der Waals surface area contributed by atoms with Crippen molar-refractivity contribution < 1.29 is 22.9 Å². The number of nitro benzene ring substituents is 1. The van der Waals surface area contributed by atoms with Gasteiger partial charge < -0.3 is 10.2 Å². The van der Waals surface area contributed by atoms with Crippen LogP contribution in [0.25, 0.3) is 0 Å². The molecule has 0 fully saturated rings. The quantitative estimate of drug-likeness (QED) is 0.627. The summed E-state index contributed by atoms with van der Waals surface area (Å²) < 4.78 is 24.6. The van der Waals surface area contributed by atoms with Crippen molar-refractivity contribution in [2.24, 2.45) is 0 Å². The summed E-state index contributed by atoms with van der Waals surface area (Å²) in [5.41, 5.74) is 0.377. The number of carbonyl (C=O) groups is 2. The average molecular weight is 389 g/mol. The highest BCUT2D eigenvalue weighted by atomic mass is 32.2. The van der Waals surface area contributed by atoms with E-state index in [0.29, 0.717) is 5.69 Å². The van der Waals surface area contributed by atoms with Crippen LogP contribution in [0.2, 0.25) is 0 Å². The largest absolute Gasteiger partial charge is 0.325 e. The van der Waals surface area contributed by atoms with Crippen LogP contribution in [0.4, 0.5) is 17.1 Å². The number of non-ortho nitro benzene ring substituents is 1. The number of rotatable bonds is 4. The number of benzene rings is 2. The number of nitrogens with one attached hydrogen (secondary N) is 1. The molecule has 0 saturated heterocycles. The molecule has 10 heteroatoms. The molecule has 1 heterocycles. The molecule has 27 heavy (non-hydrogen) atoms. The van der Waals surface area contributed by atoms with Gasteiger partial charge in [-0.15, -0.1) is 0 Å². The lowest BCUT2D eigenvalue weighted by molar-refractivity contribution is -0.384. The molecular weight excluding hydrogens is 374 g/mol. The topological polar surface area (TPSA) is 127 Å². The lowest BCUT2D eigenvalue weighted by atomic mass is 10.2. The number of carbonyl (C=O) groups excluding carboxylic acids is 2. The molecular formula is C17H15N3O6S. The van der Waals surface area contributed by atoms with Crippen LogP contribution in [0.5, 0.6) is 0 Å². The molecule has 9 nitrogen and oxygen atoms in total. The lowest BCUT2D eigenvalue weighted by Gasteiger charge is -2.21. The molecule has 0 radical (unpaired) electrons. The van der Waals surface area contributed by atoms with Gasteiger partial charge in [-0.2, -0.15) is 0 Å². The van der Waals surface area contributed by atoms with Crippen molar-refractivity contribution >= 4 is 38.7 Å². The predicted molar refractivity (Wildman–Crippen MR) is 97.2 cm³/mol. The van der Waals surface area contributed by atoms with Crippen molar-refractivity contribution in [2.75, 3.05) is 22.5 Å². The van der Waals surface area contributed by atoms with E-state index in [1.165, 1.54) is 36.4 Å². The SMILES string of the molecule is O=C(CN1C(=O)CCS(=O)(=O)c2ccccc21)Nc1ccc([N+](=O)[O-])cc1. The maximum atomic E-state index is 12.4. The van der Waals surface area contributed by atoms with E-state index in [4.69, 9.17) is 0 Å². The maximum absolute atomic E-state index is 12.4. The monoisotopic (exact) mass is 389 g/mol.